The molecule has 0 aliphatic heterocycles. The average Bonchev–Trinajstić information content (AvgIpc) is 2.33. The molecule has 5 nitrogen and oxygen atoms in total. The third-order valence-electron chi connectivity index (χ3n) is 2.46. The highest BCUT2D eigenvalue weighted by atomic mass is 19.4. The molecule has 0 bridgehead atoms. The number of hydrogen-bond acceptors (Lipinski definition) is 4. The number of halogens is 3. The van der Waals surface area contributed by atoms with Gasteiger partial charge in [-0.1, -0.05) is 13.8 Å². The Kier molecular flexibility index (Phi) is 4.68. The maximum atomic E-state index is 12.1. The minimum Gasteiger partial charge on any atom is -0.466 e. The van der Waals surface area contributed by atoms with Crippen molar-refractivity contribution >= 4 is 5.84 Å². The predicted molar refractivity (Wildman–Crippen MR) is 63.4 cm³/mol. The Morgan fingerprint density at radius 3 is 2.32 bits per heavy atom. The zero-order valence-electron chi connectivity index (χ0n) is 10.6. The number of alkyl halides is 3. The van der Waals surface area contributed by atoms with Crippen molar-refractivity contribution in [2.75, 3.05) is 6.61 Å². The van der Waals surface area contributed by atoms with Gasteiger partial charge in [-0.2, -0.15) is 18.3 Å². The SMILES string of the molecule is CCc1nnc(OCC(F)(F)F)c(C(=N)N)c1CC. The number of aryl methyl sites for hydroxylation is 1. The summed E-state index contributed by atoms with van der Waals surface area (Å²) in [6.45, 7) is 2.15. The summed E-state index contributed by atoms with van der Waals surface area (Å²) in [5, 5.41) is 14.9. The van der Waals surface area contributed by atoms with Crippen LogP contribution in [-0.4, -0.2) is 28.8 Å². The van der Waals surface area contributed by atoms with Gasteiger partial charge in [0.15, 0.2) is 6.61 Å². The monoisotopic (exact) mass is 276 g/mol. The number of nitrogen functional groups attached to an aromatic ring is 1. The lowest BCUT2D eigenvalue weighted by molar-refractivity contribution is -0.154. The zero-order chi connectivity index (χ0) is 14.6. The predicted octanol–water partition coefficient (Wildman–Crippen LogP) is 1.83. The van der Waals surface area contributed by atoms with Gasteiger partial charge in [-0.05, 0) is 18.4 Å². The first kappa shape index (κ1) is 15.2. The normalized spacial score (nSPS) is 11.4. The van der Waals surface area contributed by atoms with Crippen molar-refractivity contribution in [3.63, 3.8) is 0 Å². The first-order valence-corrected chi connectivity index (χ1v) is 5.72. The van der Waals surface area contributed by atoms with Crippen LogP contribution >= 0.6 is 0 Å². The van der Waals surface area contributed by atoms with E-state index in [0.29, 0.717) is 24.1 Å². The quantitative estimate of drug-likeness (QED) is 0.634. The molecule has 19 heavy (non-hydrogen) atoms. The summed E-state index contributed by atoms with van der Waals surface area (Å²) in [6, 6.07) is 0. The molecule has 3 N–H and O–H groups in total. The second kappa shape index (κ2) is 5.85. The van der Waals surface area contributed by atoms with Crippen molar-refractivity contribution in [2.24, 2.45) is 5.73 Å². The standard InChI is InChI=1S/C11H15F3N4O/c1-3-6-7(4-2)17-18-10(8(6)9(15)16)19-5-11(12,13)14/h3-5H2,1-2H3,(H3,15,16). The molecular formula is C11H15F3N4O. The number of rotatable bonds is 5. The summed E-state index contributed by atoms with van der Waals surface area (Å²) < 4.78 is 41.0. The highest BCUT2D eigenvalue weighted by Gasteiger charge is 2.30. The highest BCUT2D eigenvalue weighted by molar-refractivity contribution is 5.98. The molecule has 0 spiro atoms. The van der Waals surface area contributed by atoms with Gasteiger partial charge >= 0.3 is 6.18 Å². The van der Waals surface area contributed by atoms with Gasteiger partial charge in [-0.15, -0.1) is 5.10 Å². The fourth-order valence-corrected chi connectivity index (χ4v) is 1.68. The fraction of sp³-hybridized carbons (Fsp3) is 0.545. The van der Waals surface area contributed by atoms with E-state index in [1.807, 2.05) is 6.92 Å². The second-order valence-electron chi connectivity index (χ2n) is 3.83. The van der Waals surface area contributed by atoms with E-state index in [4.69, 9.17) is 11.1 Å². The number of nitrogens with zero attached hydrogens (tertiary/aromatic N) is 2. The van der Waals surface area contributed by atoms with Gasteiger partial charge < -0.3 is 10.5 Å². The summed E-state index contributed by atoms with van der Waals surface area (Å²) in [7, 11) is 0. The van der Waals surface area contributed by atoms with Crippen molar-refractivity contribution in [2.45, 2.75) is 32.9 Å². The molecule has 0 fully saturated rings. The summed E-state index contributed by atoms with van der Waals surface area (Å²) in [6.07, 6.45) is -3.45. The lowest BCUT2D eigenvalue weighted by atomic mass is 10.0. The van der Waals surface area contributed by atoms with E-state index in [2.05, 4.69) is 14.9 Å². The fourth-order valence-electron chi connectivity index (χ4n) is 1.68. The first-order chi connectivity index (χ1) is 8.80. The van der Waals surface area contributed by atoms with Crippen LogP contribution in [0.4, 0.5) is 13.2 Å². The molecule has 0 saturated carbocycles. The summed E-state index contributed by atoms with van der Waals surface area (Å²) in [5.41, 5.74) is 6.71. The summed E-state index contributed by atoms with van der Waals surface area (Å²) >= 11 is 0. The van der Waals surface area contributed by atoms with Crippen molar-refractivity contribution in [1.82, 2.24) is 10.2 Å². The number of nitrogens with two attached hydrogens (primary N) is 1. The molecule has 1 aromatic rings. The number of amidine groups is 1. The molecule has 0 atom stereocenters. The van der Waals surface area contributed by atoms with Gasteiger partial charge in [0.2, 0.25) is 5.88 Å². The van der Waals surface area contributed by atoms with Crippen LogP contribution in [0.25, 0.3) is 0 Å². The molecule has 0 saturated heterocycles. The number of hydrogen-bond donors (Lipinski definition) is 2. The maximum absolute atomic E-state index is 12.1. The van der Waals surface area contributed by atoms with Crippen molar-refractivity contribution in [3.8, 4) is 5.88 Å². The van der Waals surface area contributed by atoms with E-state index in [-0.39, 0.29) is 17.3 Å². The maximum Gasteiger partial charge on any atom is 0.422 e. The van der Waals surface area contributed by atoms with Crippen LogP contribution < -0.4 is 10.5 Å². The molecular weight excluding hydrogens is 261 g/mol. The lowest BCUT2D eigenvalue weighted by Gasteiger charge is -2.15. The Hall–Kier alpha value is -1.86. The Balaban J connectivity index is 3.21. The molecule has 8 heteroatoms. The highest BCUT2D eigenvalue weighted by Crippen LogP contribution is 2.24. The molecule has 0 unspecified atom stereocenters. The van der Waals surface area contributed by atoms with Gasteiger partial charge in [0, 0.05) is 0 Å². The molecule has 0 aromatic carbocycles. The minimum atomic E-state index is -4.48. The van der Waals surface area contributed by atoms with Crippen LogP contribution in [0.1, 0.15) is 30.7 Å². The number of nitrogens with one attached hydrogen (secondary N) is 1. The Morgan fingerprint density at radius 1 is 1.26 bits per heavy atom. The van der Waals surface area contributed by atoms with Crippen molar-refractivity contribution in [1.29, 1.82) is 5.41 Å². The van der Waals surface area contributed by atoms with Crippen LogP contribution in [0.5, 0.6) is 5.88 Å². The first-order valence-electron chi connectivity index (χ1n) is 5.72. The third-order valence-corrected chi connectivity index (χ3v) is 2.46. The Morgan fingerprint density at radius 2 is 1.89 bits per heavy atom. The lowest BCUT2D eigenvalue weighted by Crippen LogP contribution is -2.24. The molecule has 106 valence electrons. The average molecular weight is 276 g/mol. The minimum absolute atomic E-state index is 0.0959. The van der Waals surface area contributed by atoms with Gasteiger partial charge in [-0.25, -0.2) is 0 Å². The van der Waals surface area contributed by atoms with E-state index in [0.717, 1.165) is 0 Å². The summed E-state index contributed by atoms with van der Waals surface area (Å²) in [5.74, 6) is -0.725. The second-order valence-corrected chi connectivity index (χ2v) is 3.83. The van der Waals surface area contributed by atoms with Crippen LogP contribution in [0.2, 0.25) is 0 Å². The number of ether oxygens (including phenoxy) is 1. The van der Waals surface area contributed by atoms with Gasteiger partial charge in [0.1, 0.15) is 5.84 Å². The third kappa shape index (κ3) is 3.80. The number of aromatic nitrogens is 2. The Labute approximate surface area is 108 Å². The van der Waals surface area contributed by atoms with Crippen molar-refractivity contribution in [3.05, 3.63) is 16.8 Å². The van der Waals surface area contributed by atoms with E-state index >= 15 is 0 Å². The largest absolute Gasteiger partial charge is 0.466 e. The van der Waals surface area contributed by atoms with Crippen LogP contribution in [0, 0.1) is 5.41 Å². The van der Waals surface area contributed by atoms with E-state index < -0.39 is 12.8 Å². The zero-order valence-corrected chi connectivity index (χ0v) is 10.6. The Bertz CT molecular complexity index is 474. The van der Waals surface area contributed by atoms with E-state index in [9.17, 15) is 13.2 Å². The van der Waals surface area contributed by atoms with Crippen LogP contribution in [0.15, 0.2) is 0 Å². The summed E-state index contributed by atoms with van der Waals surface area (Å²) in [4.78, 5) is 0. The van der Waals surface area contributed by atoms with Crippen LogP contribution in [-0.2, 0) is 12.8 Å². The molecule has 0 radical (unpaired) electrons. The topological polar surface area (TPSA) is 84.9 Å². The molecule has 0 aliphatic carbocycles. The van der Waals surface area contributed by atoms with E-state index in [1.165, 1.54) is 0 Å². The van der Waals surface area contributed by atoms with Gasteiger partial charge in [-0.3, -0.25) is 5.41 Å². The molecule has 0 aliphatic rings. The molecule has 0 amide bonds. The van der Waals surface area contributed by atoms with Gasteiger partial charge in [0.05, 0.1) is 11.3 Å². The van der Waals surface area contributed by atoms with Crippen molar-refractivity contribution < 1.29 is 17.9 Å². The smallest absolute Gasteiger partial charge is 0.422 e. The molecule has 1 rings (SSSR count). The molecule has 1 heterocycles. The van der Waals surface area contributed by atoms with E-state index in [1.54, 1.807) is 6.92 Å². The molecule has 1 aromatic heterocycles. The van der Waals surface area contributed by atoms with Gasteiger partial charge in [0.25, 0.3) is 0 Å². The van der Waals surface area contributed by atoms with Crippen LogP contribution in [0.3, 0.4) is 0 Å².